The number of rotatable bonds is 4. The molecule has 5 heteroatoms. The minimum absolute atomic E-state index is 0.0604. The van der Waals surface area contributed by atoms with Gasteiger partial charge in [-0.15, -0.1) is 0 Å². The van der Waals surface area contributed by atoms with Crippen LogP contribution < -0.4 is 10.1 Å². The summed E-state index contributed by atoms with van der Waals surface area (Å²) in [6.07, 6.45) is 4.28. The van der Waals surface area contributed by atoms with Crippen molar-refractivity contribution in [1.82, 2.24) is 10.3 Å². The number of pyridine rings is 1. The van der Waals surface area contributed by atoms with Gasteiger partial charge < -0.3 is 10.1 Å². The van der Waals surface area contributed by atoms with Gasteiger partial charge in [0.15, 0.2) is 0 Å². The van der Waals surface area contributed by atoms with E-state index in [1.807, 2.05) is 45.0 Å². The molecule has 1 N–H and O–H groups in total. The molecule has 4 nitrogen and oxygen atoms in total. The second-order valence-corrected chi connectivity index (χ2v) is 7.08. The summed E-state index contributed by atoms with van der Waals surface area (Å²) >= 11 is 6.22. The molecule has 126 valence electrons. The molecule has 0 fully saturated rings. The Kier molecular flexibility index (Phi) is 4.50. The van der Waals surface area contributed by atoms with E-state index < -0.39 is 5.41 Å². The number of nitrogens with one attached hydrogen (secondary N) is 1. The van der Waals surface area contributed by atoms with Crippen molar-refractivity contribution in [3.05, 3.63) is 58.4 Å². The average Bonchev–Trinajstić information content (AvgIpc) is 3.02. The number of carbonyl (C=O) groups excluding carboxylic acids is 1. The Labute approximate surface area is 147 Å². The molecule has 0 aliphatic carbocycles. The van der Waals surface area contributed by atoms with Crippen LogP contribution in [-0.4, -0.2) is 17.5 Å². The molecule has 1 amide bonds. The van der Waals surface area contributed by atoms with Gasteiger partial charge in [-0.3, -0.25) is 9.78 Å². The van der Waals surface area contributed by atoms with Crippen molar-refractivity contribution >= 4 is 17.5 Å². The van der Waals surface area contributed by atoms with Crippen molar-refractivity contribution in [3.8, 4) is 5.75 Å². The van der Waals surface area contributed by atoms with Crippen LogP contribution in [0.2, 0.25) is 5.02 Å². The zero-order valence-corrected chi connectivity index (χ0v) is 14.9. The van der Waals surface area contributed by atoms with E-state index in [0.29, 0.717) is 11.6 Å². The molecule has 0 saturated heterocycles. The number of benzene rings is 1. The molecule has 0 saturated carbocycles. The van der Waals surface area contributed by atoms with Crippen LogP contribution in [0.3, 0.4) is 0 Å². The first-order valence-electron chi connectivity index (χ1n) is 8.06. The third-order valence-electron chi connectivity index (χ3n) is 4.54. The Hall–Kier alpha value is -2.07. The van der Waals surface area contributed by atoms with Crippen molar-refractivity contribution in [2.45, 2.75) is 38.6 Å². The first kappa shape index (κ1) is 16.8. The Morgan fingerprint density at radius 1 is 1.42 bits per heavy atom. The number of aromatic nitrogens is 1. The molecule has 0 spiro atoms. The molecule has 1 aliphatic heterocycles. The largest absolute Gasteiger partial charge is 0.493 e. The van der Waals surface area contributed by atoms with Crippen LogP contribution in [0.1, 0.15) is 43.5 Å². The zero-order valence-electron chi connectivity index (χ0n) is 14.1. The lowest BCUT2D eigenvalue weighted by Crippen LogP contribution is -2.41. The highest BCUT2D eigenvalue weighted by Gasteiger charge is 2.32. The van der Waals surface area contributed by atoms with Crippen LogP contribution in [0.15, 0.2) is 36.7 Å². The first-order chi connectivity index (χ1) is 11.4. The van der Waals surface area contributed by atoms with E-state index in [9.17, 15) is 4.79 Å². The quantitative estimate of drug-likeness (QED) is 0.917. The summed E-state index contributed by atoms with van der Waals surface area (Å²) in [4.78, 5) is 16.9. The standard InChI is InChI=1S/C19H21ClN2O2/c1-12(16-10-15(20)9-13-6-8-24-17(13)16)22-18(23)19(2,3)14-5-4-7-21-11-14/h4-5,7,9-12H,6,8H2,1-3H3,(H,22,23)/t12-/m0/s1. The van der Waals surface area contributed by atoms with Gasteiger partial charge in [-0.25, -0.2) is 0 Å². The van der Waals surface area contributed by atoms with Gasteiger partial charge in [0.2, 0.25) is 5.91 Å². The minimum atomic E-state index is -0.675. The van der Waals surface area contributed by atoms with Gasteiger partial charge in [0, 0.05) is 29.4 Å². The summed E-state index contributed by atoms with van der Waals surface area (Å²) in [5.41, 5.74) is 2.23. The lowest BCUT2D eigenvalue weighted by Gasteiger charge is -2.27. The summed E-state index contributed by atoms with van der Waals surface area (Å²) in [5, 5.41) is 3.75. The topological polar surface area (TPSA) is 51.2 Å². The highest BCUT2D eigenvalue weighted by molar-refractivity contribution is 6.30. The van der Waals surface area contributed by atoms with Gasteiger partial charge in [-0.2, -0.15) is 0 Å². The monoisotopic (exact) mass is 344 g/mol. The number of halogens is 1. The van der Waals surface area contributed by atoms with Crippen molar-refractivity contribution in [1.29, 1.82) is 0 Å². The number of nitrogens with zero attached hydrogens (tertiary/aromatic N) is 1. The zero-order chi connectivity index (χ0) is 17.3. The lowest BCUT2D eigenvalue weighted by molar-refractivity contribution is -0.126. The number of amides is 1. The molecule has 2 aromatic rings. The molecule has 1 aliphatic rings. The highest BCUT2D eigenvalue weighted by atomic mass is 35.5. The maximum atomic E-state index is 12.8. The smallest absolute Gasteiger partial charge is 0.230 e. The van der Waals surface area contributed by atoms with Gasteiger partial charge in [0.1, 0.15) is 5.75 Å². The molecule has 0 radical (unpaired) electrons. The van der Waals surface area contributed by atoms with Gasteiger partial charge >= 0.3 is 0 Å². The summed E-state index contributed by atoms with van der Waals surface area (Å²) in [6, 6.07) is 7.36. The summed E-state index contributed by atoms with van der Waals surface area (Å²) in [5.74, 6) is 0.793. The van der Waals surface area contributed by atoms with Crippen LogP contribution in [0.4, 0.5) is 0 Å². The third kappa shape index (κ3) is 3.11. The maximum Gasteiger partial charge on any atom is 0.230 e. The highest BCUT2D eigenvalue weighted by Crippen LogP contribution is 2.36. The van der Waals surface area contributed by atoms with E-state index in [2.05, 4.69) is 10.3 Å². The van der Waals surface area contributed by atoms with Crippen molar-refractivity contribution in [3.63, 3.8) is 0 Å². The fraction of sp³-hybridized carbons (Fsp3) is 0.368. The normalized spacial score (nSPS) is 14.7. The molecule has 1 aromatic heterocycles. The molecule has 1 atom stereocenters. The Morgan fingerprint density at radius 3 is 2.92 bits per heavy atom. The van der Waals surface area contributed by atoms with E-state index in [1.54, 1.807) is 12.4 Å². The fourth-order valence-corrected chi connectivity index (χ4v) is 3.19. The summed E-state index contributed by atoms with van der Waals surface area (Å²) in [6.45, 7) is 6.39. The fourth-order valence-electron chi connectivity index (χ4n) is 2.94. The Morgan fingerprint density at radius 2 is 2.21 bits per heavy atom. The summed E-state index contributed by atoms with van der Waals surface area (Å²) < 4.78 is 5.74. The Bertz CT molecular complexity index is 759. The number of carbonyl (C=O) groups is 1. The van der Waals surface area contributed by atoms with Crippen LogP contribution in [0.25, 0.3) is 0 Å². The lowest BCUT2D eigenvalue weighted by atomic mass is 9.84. The SMILES string of the molecule is C[C@H](NC(=O)C(C)(C)c1cccnc1)c1cc(Cl)cc2c1OCC2. The second kappa shape index (κ2) is 6.44. The summed E-state index contributed by atoms with van der Waals surface area (Å²) in [7, 11) is 0. The number of hydrogen-bond acceptors (Lipinski definition) is 3. The van der Waals surface area contributed by atoms with Crippen LogP contribution in [-0.2, 0) is 16.6 Å². The van der Waals surface area contributed by atoms with E-state index >= 15 is 0 Å². The third-order valence-corrected chi connectivity index (χ3v) is 4.76. The average molecular weight is 345 g/mol. The van der Waals surface area contributed by atoms with E-state index in [4.69, 9.17) is 16.3 Å². The number of hydrogen-bond donors (Lipinski definition) is 1. The maximum absolute atomic E-state index is 12.8. The first-order valence-corrected chi connectivity index (χ1v) is 8.44. The van der Waals surface area contributed by atoms with Crippen LogP contribution >= 0.6 is 11.6 Å². The van der Waals surface area contributed by atoms with E-state index in [0.717, 1.165) is 28.9 Å². The number of ether oxygens (including phenoxy) is 1. The molecular weight excluding hydrogens is 324 g/mol. The molecule has 2 heterocycles. The van der Waals surface area contributed by atoms with Crippen molar-refractivity contribution < 1.29 is 9.53 Å². The second-order valence-electron chi connectivity index (χ2n) is 6.64. The molecular formula is C19H21ClN2O2. The predicted octanol–water partition coefficient (Wildman–Crippen LogP) is 3.82. The van der Waals surface area contributed by atoms with Crippen molar-refractivity contribution in [2.75, 3.05) is 6.61 Å². The minimum Gasteiger partial charge on any atom is -0.493 e. The molecule has 0 bridgehead atoms. The predicted molar refractivity (Wildman–Crippen MR) is 94.5 cm³/mol. The molecule has 24 heavy (non-hydrogen) atoms. The van der Waals surface area contributed by atoms with Crippen LogP contribution in [0, 0.1) is 0 Å². The number of fused-ring (bicyclic) bond motifs is 1. The Balaban J connectivity index is 1.83. The van der Waals surface area contributed by atoms with Crippen molar-refractivity contribution in [2.24, 2.45) is 0 Å². The van der Waals surface area contributed by atoms with Gasteiger partial charge in [0.05, 0.1) is 18.1 Å². The molecule has 0 unspecified atom stereocenters. The van der Waals surface area contributed by atoms with Gasteiger partial charge in [0.25, 0.3) is 0 Å². The van der Waals surface area contributed by atoms with E-state index in [1.165, 1.54) is 0 Å². The molecule has 1 aromatic carbocycles. The molecule has 3 rings (SSSR count). The van der Waals surface area contributed by atoms with Gasteiger partial charge in [-0.05, 0) is 50.1 Å². The van der Waals surface area contributed by atoms with Crippen LogP contribution in [0.5, 0.6) is 5.75 Å². The van der Waals surface area contributed by atoms with E-state index in [-0.39, 0.29) is 11.9 Å². The van der Waals surface area contributed by atoms with Gasteiger partial charge in [-0.1, -0.05) is 17.7 Å².